The Bertz CT molecular complexity index is 895. The summed E-state index contributed by atoms with van der Waals surface area (Å²) in [6.07, 6.45) is 4.61. The molecule has 0 fully saturated rings. The number of anilines is 1. The molecule has 1 aromatic heterocycles. The maximum Gasteiger partial charge on any atom is 0.291 e. The Hall–Kier alpha value is -2.63. The topological polar surface area (TPSA) is 67.2 Å². The van der Waals surface area contributed by atoms with Crippen molar-refractivity contribution in [1.82, 2.24) is 14.5 Å². The quantitative estimate of drug-likeness (QED) is 0.756. The molecule has 3 rings (SSSR count). The van der Waals surface area contributed by atoms with Crippen molar-refractivity contribution < 1.29 is 9.59 Å². The van der Waals surface area contributed by atoms with Gasteiger partial charge in [-0.25, -0.2) is 4.98 Å². The number of nitrogens with zero attached hydrogens (tertiary/aromatic N) is 3. The van der Waals surface area contributed by atoms with Crippen LogP contribution in [0.25, 0.3) is 0 Å². The lowest BCUT2D eigenvalue weighted by molar-refractivity contribution is 0.0748. The first kappa shape index (κ1) is 21.1. The number of benzene rings is 1. The molecule has 2 heterocycles. The second-order valence-electron chi connectivity index (χ2n) is 7.88. The van der Waals surface area contributed by atoms with Crippen molar-refractivity contribution in [2.75, 3.05) is 18.4 Å². The van der Waals surface area contributed by atoms with E-state index in [1.165, 1.54) is 5.56 Å². The molecule has 0 bridgehead atoms. The first-order chi connectivity index (χ1) is 14.0. The predicted octanol–water partition coefficient (Wildman–Crippen LogP) is 4.35. The standard InChI is InChI=1S/C23H32N4O2/c1-5-12-26(13-6-2)23(29)20-19-9-7-8-14-27(19)21(25-20)22(28)24-18-11-10-16(3)17(4)15-18/h10-11,15H,5-9,12-14H2,1-4H3,(H,24,28). The number of aromatic nitrogens is 2. The summed E-state index contributed by atoms with van der Waals surface area (Å²) in [6.45, 7) is 10.4. The lowest BCUT2D eigenvalue weighted by Crippen LogP contribution is -2.33. The zero-order valence-corrected chi connectivity index (χ0v) is 18.0. The molecule has 0 unspecified atom stereocenters. The summed E-state index contributed by atoms with van der Waals surface area (Å²) in [5, 5.41) is 2.96. The average molecular weight is 397 g/mol. The number of imidazole rings is 1. The van der Waals surface area contributed by atoms with E-state index in [-0.39, 0.29) is 11.8 Å². The van der Waals surface area contributed by atoms with Gasteiger partial charge in [0.1, 0.15) is 5.69 Å². The van der Waals surface area contributed by atoms with Gasteiger partial charge in [0.05, 0.1) is 5.69 Å². The molecule has 156 valence electrons. The summed E-state index contributed by atoms with van der Waals surface area (Å²) in [4.78, 5) is 32.6. The Labute approximate surface area is 173 Å². The summed E-state index contributed by atoms with van der Waals surface area (Å²) in [5.41, 5.74) is 4.41. The van der Waals surface area contributed by atoms with E-state index in [9.17, 15) is 9.59 Å². The molecule has 0 spiro atoms. The minimum Gasteiger partial charge on any atom is -0.337 e. The Kier molecular flexibility index (Phi) is 6.72. The fraction of sp³-hybridized carbons (Fsp3) is 0.522. The third kappa shape index (κ3) is 4.52. The summed E-state index contributed by atoms with van der Waals surface area (Å²) in [5.74, 6) is 0.0341. The molecular weight excluding hydrogens is 364 g/mol. The maximum atomic E-state index is 13.2. The van der Waals surface area contributed by atoms with E-state index in [4.69, 9.17) is 0 Å². The van der Waals surface area contributed by atoms with Crippen LogP contribution < -0.4 is 5.32 Å². The van der Waals surface area contributed by atoms with Crippen molar-refractivity contribution in [2.24, 2.45) is 0 Å². The van der Waals surface area contributed by atoms with Gasteiger partial charge in [-0.3, -0.25) is 9.59 Å². The van der Waals surface area contributed by atoms with E-state index >= 15 is 0 Å². The van der Waals surface area contributed by atoms with Gasteiger partial charge < -0.3 is 14.8 Å². The van der Waals surface area contributed by atoms with Gasteiger partial charge in [0.15, 0.2) is 5.82 Å². The molecule has 0 saturated carbocycles. The van der Waals surface area contributed by atoms with E-state index in [2.05, 4.69) is 24.1 Å². The zero-order chi connectivity index (χ0) is 21.0. The number of rotatable bonds is 7. The molecule has 29 heavy (non-hydrogen) atoms. The first-order valence-corrected chi connectivity index (χ1v) is 10.7. The summed E-state index contributed by atoms with van der Waals surface area (Å²) in [6, 6.07) is 5.86. The van der Waals surface area contributed by atoms with Gasteiger partial charge in [-0.15, -0.1) is 0 Å². The van der Waals surface area contributed by atoms with Crippen molar-refractivity contribution in [3.63, 3.8) is 0 Å². The lowest BCUT2D eigenvalue weighted by Gasteiger charge is -2.22. The third-order valence-corrected chi connectivity index (χ3v) is 5.56. The smallest absolute Gasteiger partial charge is 0.291 e. The van der Waals surface area contributed by atoms with E-state index in [1.807, 2.05) is 41.5 Å². The third-order valence-electron chi connectivity index (χ3n) is 5.56. The van der Waals surface area contributed by atoms with Crippen LogP contribution in [0.15, 0.2) is 18.2 Å². The Balaban J connectivity index is 1.92. The largest absolute Gasteiger partial charge is 0.337 e. The van der Waals surface area contributed by atoms with E-state index in [0.29, 0.717) is 24.6 Å². The van der Waals surface area contributed by atoms with Crippen LogP contribution in [0.2, 0.25) is 0 Å². The fourth-order valence-corrected chi connectivity index (χ4v) is 3.90. The molecule has 0 aliphatic carbocycles. The van der Waals surface area contributed by atoms with Crippen LogP contribution in [-0.4, -0.2) is 39.4 Å². The summed E-state index contributed by atoms with van der Waals surface area (Å²) >= 11 is 0. The van der Waals surface area contributed by atoms with Crippen LogP contribution in [0, 0.1) is 13.8 Å². The van der Waals surface area contributed by atoms with Crippen molar-refractivity contribution >= 4 is 17.5 Å². The van der Waals surface area contributed by atoms with Crippen LogP contribution in [0.3, 0.4) is 0 Å². The van der Waals surface area contributed by atoms with Crippen LogP contribution in [-0.2, 0) is 13.0 Å². The molecule has 0 atom stereocenters. The number of amides is 2. The highest BCUT2D eigenvalue weighted by Gasteiger charge is 2.29. The van der Waals surface area contributed by atoms with Crippen molar-refractivity contribution in [2.45, 2.75) is 66.3 Å². The van der Waals surface area contributed by atoms with E-state index < -0.39 is 0 Å². The molecule has 1 aliphatic heterocycles. The van der Waals surface area contributed by atoms with Gasteiger partial charge in [0.2, 0.25) is 0 Å². The number of nitrogens with one attached hydrogen (secondary N) is 1. The number of fused-ring (bicyclic) bond motifs is 1. The van der Waals surface area contributed by atoms with Crippen molar-refractivity contribution in [1.29, 1.82) is 0 Å². The first-order valence-electron chi connectivity index (χ1n) is 10.7. The molecular formula is C23H32N4O2. The number of carbonyl (C=O) groups is 2. The molecule has 0 saturated heterocycles. The molecule has 6 nitrogen and oxygen atoms in total. The van der Waals surface area contributed by atoms with Gasteiger partial charge in [0.25, 0.3) is 11.8 Å². The molecule has 1 aliphatic rings. The second kappa shape index (κ2) is 9.25. The van der Waals surface area contributed by atoms with E-state index in [1.54, 1.807) is 0 Å². The van der Waals surface area contributed by atoms with Gasteiger partial charge >= 0.3 is 0 Å². The minimum atomic E-state index is -0.256. The summed E-state index contributed by atoms with van der Waals surface area (Å²) < 4.78 is 1.95. The molecule has 2 amide bonds. The van der Waals surface area contributed by atoms with Gasteiger partial charge in [0, 0.05) is 25.3 Å². The van der Waals surface area contributed by atoms with Crippen molar-refractivity contribution in [3.05, 3.63) is 46.5 Å². The van der Waals surface area contributed by atoms with Crippen LogP contribution in [0.5, 0.6) is 0 Å². The Morgan fingerprint density at radius 1 is 1.10 bits per heavy atom. The lowest BCUT2D eigenvalue weighted by atomic mass is 10.1. The highest BCUT2D eigenvalue weighted by molar-refractivity contribution is 6.03. The number of aryl methyl sites for hydroxylation is 2. The Morgan fingerprint density at radius 3 is 2.48 bits per heavy atom. The SMILES string of the molecule is CCCN(CCC)C(=O)c1nc(C(=O)Nc2ccc(C)c(C)c2)n2c1CCCC2. The number of hydrogen-bond acceptors (Lipinski definition) is 3. The van der Waals surface area contributed by atoms with E-state index in [0.717, 1.165) is 55.6 Å². The monoisotopic (exact) mass is 396 g/mol. The highest BCUT2D eigenvalue weighted by Crippen LogP contribution is 2.24. The van der Waals surface area contributed by atoms with Gasteiger partial charge in [-0.1, -0.05) is 19.9 Å². The molecule has 0 radical (unpaired) electrons. The predicted molar refractivity (Wildman–Crippen MR) is 116 cm³/mol. The van der Waals surface area contributed by atoms with Crippen molar-refractivity contribution in [3.8, 4) is 0 Å². The molecule has 1 N–H and O–H groups in total. The average Bonchev–Trinajstić information content (AvgIpc) is 3.10. The van der Waals surface area contributed by atoms with Crippen LogP contribution >= 0.6 is 0 Å². The number of hydrogen-bond donors (Lipinski definition) is 1. The van der Waals surface area contributed by atoms with Gasteiger partial charge in [-0.05, 0) is 69.2 Å². The zero-order valence-electron chi connectivity index (χ0n) is 18.0. The summed E-state index contributed by atoms with van der Waals surface area (Å²) in [7, 11) is 0. The highest BCUT2D eigenvalue weighted by atomic mass is 16.2. The van der Waals surface area contributed by atoms with Crippen LogP contribution in [0.1, 0.15) is 77.5 Å². The molecule has 2 aromatic rings. The normalized spacial score (nSPS) is 13.1. The molecule has 6 heteroatoms. The molecule has 1 aromatic carbocycles. The minimum absolute atomic E-state index is 0.0513. The maximum absolute atomic E-state index is 13.2. The second-order valence-corrected chi connectivity index (χ2v) is 7.88. The Morgan fingerprint density at radius 2 is 1.83 bits per heavy atom. The number of carbonyl (C=O) groups excluding carboxylic acids is 2. The van der Waals surface area contributed by atoms with Crippen LogP contribution in [0.4, 0.5) is 5.69 Å². The fourth-order valence-electron chi connectivity index (χ4n) is 3.90. The van der Waals surface area contributed by atoms with Gasteiger partial charge in [-0.2, -0.15) is 0 Å².